The molecule has 1 heterocycles. The van der Waals surface area contributed by atoms with Gasteiger partial charge in [-0.15, -0.1) is 12.4 Å². The number of amides is 1. The maximum atomic E-state index is 13.1. The zero-order chi connectivity index (χ0) is 20.3. The van der Waals surface area contributed by atoms with Crippen molar-refractivity contribution in [1.82, 2.24) is 9.88 Å². The second-order valence-electron chi connectivity index (χ2n) is 6.50. The third-order valence-corrected chi connectivity index (χ3v) is 5.50. The molecule has 0 bridgehead atoms. The van der Waals surface area contributed by atoms with Gasteiger partial charge in [-0.2, -0.15) is 0 Å². The number of thiazole rings is 1. The molecule has 29 heavy (non-hydrogen) atoms. The molecule has 0 saturated carbocycles. The molecule has 0 saturated heterocycles. The Morgan fingerprint density at radius 3 is 2.45 bits per heavy atom. The van der Waals surface area contributed by atoms with Crippen LogP contribution in [0.5, 0.6) is 0 Å². The topological polar surface area (TPSA) is 79.6 Å². The Morgan fingerprint density at radius 1 is 1.17 bits per heavy atom. The zero-order valence-electron chi connectivity index (χ0n) is 15.9. The van der Waals surface area contributed by atoms with Gasteiger partial charge in [0.05, 0.1) is 14.6 Å². The molecular weight excluding hydrogens is 435 g/mol. The van der Waals surface area contributed by atoms with Gasteiger partial charge in [-0.25, -0.2) is 4.98 Å². The average molecular weight is 455 g/mol. The number of carbonyl (C=O) groups excluding carboxylic acids is 1. The Kier molecular flexibility index (Phi) is 7.92. The number of nitro groups is 1. The fraction of sp³-hybridized carbons (Fsp3) is 0.263. The van der Waals surface area contributed by atoms with Crippen LogP contribution in [0, 0.1) is 10.1 Å². The van der Waals surface area contributed by atoms with E-state index in [4.69, 9.17) is 11.6 Å². The van der Waals surface area contributed by atoms with Crippen molar-refractivity contribution < 1.29 is 9.72 Å². The Labute approximate surface area is 183 Å². The zero-order valence-corrected chi connectivity index (χ0v) is 18.3. The first-order valence-electron chi connectivity index (χ1n) is 8.63. The number of para-hydroxylation sites is 1. The number of aromatic nitrogens is 1. The summed E-state index contributed by atoms with van der Waals surface area (Å²) in [5.74, 6) is -0.246. The van der Waals surface area contributed by atoms with Gasteiger partial charge in [0.1, 0.15) is 5.52 Å². The van der Waals surface area contributed by atoms with Crippen molar-refractivity contribution in [1.29, 1.82) is 0 Å². The number of hydrogen-bond donors (Lipinski definition) is 0. The number of rotatable bonds is 7. The number of fused-ring (bicyclic) bond motifs is 1. The van der Waals surface area contributed by atoms with Crippen LogP contribution < -0.4 is 4.90 Å². The predicted octanol–water partition coefficient (Wildman–Crippen LogP) is 4.88. The van der Waals surface area contributed by atoms with Crippen LogP contribution in [-0.4, -0.2) is 47.9 Å². The quantitative estimate of drug-likeness (QED) is 0.375. The van der Waals surface area contributed by atoms with Crippen LogP contribution in [0.3, 0.4) is 0 Å². The summed E-state index contributed by atoms with van der Waals surface area (Å²) in [6.45, 7) is 1.29. The Hall–Kier alpha value is -2.26. The maximum absolute atomic E-state index is 13.1. The van der Waals surface area contributed by atoms with E-state index in [0.29, 0.717) is 27.8 Å². The fourth-order valence-corrected chi connectivity index (χ4v) is 4.02. The van der Waals surface area contributed by atoms with Crippen LogP contribution in [0.4, 0.5) is 10.8 Å². The number of benzene rings is 2. The third-order valence-electron chi connectivity index (χ3n) is 4.15. The van der Waals surface area contributed by atoms with Gasteiger partial charge in [0, 0.05) is 24.2 Å². The van der Waals surface area contributed by atoms with E-state index in [-0.39, 0.29) is 24.0 Å². The van der Waals surface area contributed by atoms with E-state index in [1.807, 2.05) is 31.1 Å². The highest BCUT2D eigenvalue weighted by atomic mass is 35.5. The molecule has 0 aliphatic rings. The van der Waals surface area contributed by atoms with Crippen molar-refractivity contribution in [2.24, 2.45) is 0 Å². The lowest BCUT2D eigenvalue weighted by molar-refractivity contribution is -0.384. The number of non-ortho nitro benzene ring substituents is 1. The molecule has 7 nitrogen and oxygen atoms in total. The Morgan fingerprint density at radius 2 is 1.86 bits per heavy atom. The maximum Gasteiger partial charge on any atom is 0.269 e. The molecule has 2 aromatic carbocycles. The summed E-state index contributed by atoms with van der Waals surface area (Å²) in [5, 5.41) is 12.0. The summed E-state index contributed by atoms with van der Waals surface area (Å²) in [6.07, 6.45) is 0.759. The van der Waals surface area contributed by atoms with Gasteiger partial charge in [-0.05, 0) is 51.3 Å². The summed E-state index contributed by atoms with van der Waals surface area (Å²) in [4.78, 5) is 31.7. The minimum Gasteiger partial charge on any atom is -0.309 e. The Balaban J connectivity index is 0.00000300. The molecule has 1 aromatic heterocycles. The van der Waals surface area contributed by atoms with Crippen molar-refractivity contribution in [3.8, 4) is 0 Å². The molecule has 0 atom stereocenters. The van der Waals surface area contributed by atoms with Crippen molar-refractivity contribution in [3.63, 3.8) is 0 Å². The molecule has 0 fully saturated rings. The summed E-state index contributed by atoms with van der Waals surface area (Å²) in [7, 11) is 3.94. The highest BCUT2D eigenvalue weighted by Gasteiger charge is 2.22. The van der Waals surface area contributed by atoms with E-state index in [1.54, 1.807) is 11.0 Å². The average Bonchev–Trinajstić information content (AvgIpc) is 3.10. The van der Waals surface area contributed by atoms with Crippen LogP contribution >= 0.6 is 35.3 Å². The molecule has 0 aliphatic carbocycles. The van der Waals surface area contributed by atoms with Crippen LogP contribution in [-0.2, 0) is 0 Å². The first-order valence-corrected chi connectivity index (χ1v) is 9.82. The van der Waals surface area contributed by atoms with Gasteiger partial charge in [-0.1, -0.05) is 29.0 Å². The number of hydrogen-bond acceptors (Lipinski definition) is 6. The molecule has 0 spiro atoms. The second-order valence-corrected chi connectivity index (χ2v) is 7.92. The smallest absolute Gasteiger partial charge is 0.269 e. The molecule has 3 aromatic rings. The molecule has 3 rings (SSSR count). The van der Waals surface area contributed by atoms with Crippen molar-refractivity contribution in [2.45, 2.75) is 6.42 Å². The van der Waals surface area contributed by atoms with Gasteiger partial charge in [0.2, 0.25) is 0 Å². The van der Waals surface area contributed by atoms with Gasteiger partial charge in [-0.3, -0.25) is 19.8 Å². The number of nitrogens with zero attached hydrogens (tertiary/aromatic N) is 4. The summed E-state index contributed by atoms with van der Waals surface area (Å²) >= 11 is 7.63. The highest BCUT2D eigenvalue weighted by Crippen LogP contribution is 2.33. The largest absolute Gasteiger partial charge is 0.309 e. The molecule has 1 amide bonds. The van der Waals surface area contributed by atoms with Crippen LogP contribution in [0.15, 0.2) is 42.5 Å². The van der Waals surface area contributed by atoms with Crippen molar-refractivity contribution in [2.75, 3.05) is 32.1 Å². The van der Waals surface area contributed by atoms with Crippen LogP contribution in [0.25, 0.3) is 10.2 Å². The van der Waals surface area contributed by atoms with E-state index < -0.39 is 4.92 Å². The van der Waals surface area contributed by atoms with E-state index in [1.165, 1.54) is 35.6 Å². The van der Waals surface area contributed by atoms with Crippen LogP contribution in [0.1, 0.15) is 16.8 Å². The first kappa shape index (κ1) is 23.0. The molecule has 0 unspecified atom stereocenters. The van der Waals surface area contributed by atoms with Crippen molar-refractivity contribution >= 4 is 62.3 Å². The van der Waals surface area contributed by atoms with E-state index in [0.717, 1.165) is 17.7 Å². The second kappa shape index (κ2) is 9.98. The van der Waals surface area contributed by atoms with E-state index >= 15 is 0 Å². The first-order chi connectivity index (χ1) is 13.4. The number of halogens is 2. The molecule has 0 N–H and O–H groups in total. The summed E-state index contributed by atoms with van der Waals surface area (Å²) in [5.41, 5.74) is 0.988. The lowest BCUT2D eigenvalue weighted by atomic mass is 10.2. The molecule has 0 aliphatic heterocycles. The van der Waals surface area contributed by atoms with E-state index in [9.17, 15) is 14.9 Å². The molecule has 0 radical (unpaired) electrons. The summed E-state index contributed by atoms with van der Waals surface area (Å²) in [6, 6.07) is 11.1. The normalized spacial score (nSPS) is 10.8. The van der Waals surface area contributed by atoms with Gasteiger partial charge in [0.25, 0.3) is 11.6 Å². The minimum absolute atomic E-state index is 0. The van der Waals surface area contributed by atoms with Gasteiger partial charge >= 0.3 is 0 Å². The SMILES string of the molecule is CN(C)CCCN(C(=O)c1ccc([N+](=O)[O-])cc1)c1nc2c(Cl)cccc2s1.Cl. The van der Waals surface area contributed by atoms with E-state index in [2.05, 4.69) is 4.98 Å². The molecular formula is C19H20Cl2N4O3S. The van der Waals surface area contributed by atoms with Gasteiger partial charge in [0.15, 0.2) is 5.13 Å². The fourth-order valence-electron chi connectivity index (χ4n) is 2.73. The highest BCUT2D eigenvalue weighted by molar-refractivity contribution is 7.22. The molecule has 154 valence electrons. The number of nitro benzene ring substituents is 1. The number of anilines is 1. The lowest BCUT2D eigenvalue weighted by Gasteiger charge is -2.21. The standard InChI is InChI=1S/C19H19ClN4O3S.ClH/c1-22(2)11-4-12-23(18(25)13-7-9-14(10-8-13)24(26)27)19-21-17-15(20)5-3-6-16(17)28-19;/h3,5-10H,4,11-12H2,1-2H3;1H. The third kappa shape index (κ3) is 5.42. The predicted molar refractivity (Wildman–Crippen MR) is 120 cm³/mol. The lowest BCUT2D eigenvalue weighted by Crippen LogP contribution is -2.33. The summed E-state index contributed by atoms with van der Waals surface area (Å²) < 4.78 is 0.900. The van der Waals surface area contributed by atoms with Crippen LogP contribution in [0.2, 0.25) is 5.02 Å². The van der Waals surface area contributed by atoms with Crippen molar-refractivity contribution in [3.05, 3.63) is 63.2 Å². The molecule has 10 heteroatoms. The Bertz CT molecular complexity index is 1010. The minimum atomic E-state index is -0.487. The van der Waals surface area contributed by atoms with Gasteiger partial charge < -0.3 is 4.90 Å². The monoisotopic (exact) mass is 454 g/mol. The number of carbonyl (C=O) groups is 1.